The van der Waals surface area contributed by atoms with Gasteiger partial charge in [-0.1, -0.05) is 49.3 Å². The summed E-state index contributed by atoms with van der Waals surface area (Å²) in [6.45, 7) is 6.66. The molecule has 6 nitrogen and oxygen atoms in total. The van der Waals surface area contributed by atoms with Gasteiger partial charge in [-0.25, -0.2) is 0 Å². The van der Waals surface area contributed by atoms with Crippen molar-refractivity contribution < 1.29 is 9.32 Å². The number of carbonyl (C=O) groups is 1. The number of carbonyl (C=O) groups excluding carboxylic acids is 1. The summed E-state index contributed by atoms with van der Waals surface area (Å²) in [6.07, 6.45) is 1.62. The maximum Gasteiger partial charge on any atom is 0.237 e. The van der Waals surface area contributed by atoms with Gasteiger partial charge >= 0.3 is 0 Å². The third kappa shape index (κ3) is 3.82. The van der Waals surface area contributed by atoms with E-state index in [-0.39, 0.29) is 11.9 Å². The summed E-state index contributed by atoms with van der Waals surface area (Å²) < 4.78 is 5.34. The summed E-state index contributed by atoms with van der Waals surface area (Å²) >= 11 is 0. The summed E-state index contributed by atoms with van der Waals surface area (Å²) in [5, 5.41) is 6.99. The van der Waals surface area contributed by atoms with Crippen molar-refractivity contribution in [2.45, 2.75) is 32.7 Å². The normalized spacial score (nSPS) is 18.8. The monoisotopic (exact) mass is 328 g/mol. The zero-order valence-electron chi connectivity index (χ0n) is 14.2. The molecule has 6 heteroatoms. The molecule has 3 rings (SSSR count). The first-order valence-corrected chi connectivity index (χ1v) is 8.55. The molecule has 0 radical (unpaired) electrons. The van der Waals surface area contributed by atoms with Gasteiger partial charge in [0.1, 0.15) is 0 Å². The predicted molar refractivity (Wildman–Crippen MR) is 91.3 cm³/mol. The van der Waals surface area contributed by atoms with E-state index in [4.69, 9.17) is 4.52 Å². The Hall–Kier alpha value is -2.21. The van der Waals surface area contributed by atoms with Gasteiger partial charge in [-0.05, 0) is 18.9 Å². The summed E-state index contributed by atoms with van der Waals surface area (Å²) in [5.41, 5.74) is 0.958. The number of rotatable bonds is 6. The van der Waals surface area contributed by atoms with Crippen LogP contribution in [0.25, 0.3) is 11.4 Å². The van der Waals surface area contributed by atoms with Crippen LogP contribution in [0.1, 0.15) is 26.2 Å². The Morgan fingerprint density at radius 3 is 2.88 bits per heavy atom. The first kappa shape index (κ1) is 16.6. The first-order valence-electron chi connectivity index (χ1n) is 8.55. The van der Waals surface area contributed by atoms with Gasteiger partial charge in [-0.2, -0.15) is 4.98 Å². The molecule has 1 N–H and O–H groups in total. The van der Waals surface area contributed by atoms with Crippen LogP contribution in [-0.4, -0.2) is 46.6 Å². The Bertz CT molecular complexity index is 669. The third-order valence-corrected chi connectivity index (χ3v) is 4.33. The lowest BCUT2D eigenvalue weighted by molar-refractivity contribution is -0.130. The van der Waals surface area contributed by atoms with Gasteiger partial charge in [-0.15, -0.1) is 0 Å². The number of aromatic nitrogens is 2. The summed E-state index contributed by atoms with van der Waals surface area (Å²) in [5.74, 6) is 1.72. The standard InChI is InChI=1S/C18H24N4O2/c1-13(2)16-18(23)19-10-12-22(16)11-6-9-15-20-17(21-24-15)14-7-4-3-5-8-14/h3-5,7-8,13,16H,6,9-12H2,1-2H3,(H,19,23). The van der Waals surface area contributed by atoms with E-state index in [0.29, 0.717) is 17.6 Å². The van der Waals surface area contributed by atoms with Gasteiger partial charge in [0.05, 0.1) is 6.04 Å². The van der Waals surface area contributed by atoms with E-state index in [0.717, 1.165) is 38.0 Å². The second-order valence-electron chi connectivity index (χ2n) is 6.50. The maximum absolute atomic E-state index is 12.0. The van der Waals surface area contributed by atoms with Crippen molar-refractivity contribution in [2.75, 3.05) is 19.6 Å². The molecule has 24 heavy (non-hydrogen) atoms. The van der Waals surface area contributed by atoms with E-state index in [2.05, 4.69) is 34.2 Å². The minimum Gasteiger partial charge on any atom is -0.353 e. The van der Waals surface area contributed by atoms with E-state index in [9.17, 15) is 4.79 Å². The number of aryl methyl sites for hydroxylation is 1. The van der Waals surface area contributed by atoms with Gasteiger partial charge in [0.25, 0.3) is 0 Å². The number of amides is 1. The molecular weight excluding hydrogens is 304 g/mol. The molecule has 2 heterocycles. The molecule has 1 aliphatic rings. The van der Waals surface area contributed by atoms with Crippen LogP contribution in [0.2, 0.25) is 0 Å². The lowest BCUT2D eigenvalue weighted by Crippen LogP contribution is -2.57. The minimum atomic E-state index is -0.0404. The number of nitrogens with one attached hydrogen (secondary N) is 1. The Labute approximate surface area is 142 Å². The molecule has 1 amide bonds. The second kappa shape index (κ2) is 7.57. The molecule has 0 aliphatic carbocycles. The summed E-state index contributed by atoms with van der Waals surface area (Å²) in [6, 6.07) is 9.77. The fourth-order valence-corrected chi connectivity index (χ4v) is 3.20. The van der Waals surface area contributed by atoms with E-state index < -0.39 is 0 Å². The van der Waals surface area contributed by atoms with Gasteiger partial charge in [0.15, 0.2) is 0 Å². The van der Waals surface area contributed by atoms with Crippen molar-refractivity contribution in [1.82, 2.24) is 20.4 Å². The zero-order valence-corrected chi connectivity index (χ0v) is 14.2. The molecule has 1 fully saturated rings. The Balaban J connectivity index is 1.55. The van der Waals surface area contributed by atoms with Crippen molar-refractivity contribution in [3.8, 4) is 11.4 Å². The van der Waals surface area contributed by atoms with Crippen LogP contribution in [0, 0.1) is 5.92 Å². The van der Waals surface area contributed by atoms with Crippen LogP contribution in [0.4, 0.5) is 0 Å². The first-order chi connectivity index (χ1) is 11.6. The Morgan fingerprint density at radius 2 is 2.12 bits per heavy atom. The number of benzene rings is 1. The molecule has 0 saturated carbocycles. The molecule has 0 bridgehead atoms. The number of nitrogens with zero attached hydrogens (tertiary/aromatic N) is 3. The molecule has 1 atom stereocenters. The van der Waals surface area contributed by atoms with E-state index in [1.807, 2.05) is 30.3 Å². The quantitative estimate of drug-likeness (QED) is 0.879. The highest BCUT2D eigenvalue weighted by atomic mass is 16.5. The lowest BCUT2D eigenvalue weighted by Gasteiger charge is -2.37. The fourth-order valence-electron chi connectivity index (χ4n) is 3.20. The smallest absolute Gasteiger partial charge is 0.237 e. The summed E-state index contributed by atoms with van der Waals surface area (Å²) in [4.78, 5) is 18.8. The molecule has 128 valence electrons. The van der Waals surface area contributed by atoms with E-state index >= 15 is 0 Å². The average molecular weight is 328 g/mol. The molecule has 1 aliphatic heterocycles. The highest BCUT2D eigenvalue weighted by Gasteiger charge is 2.31. The Kier molecular flexibility index (Phi) is 5.25. The third-order valence-electron chi connectivity index (χ3n) is 4.33. The van der Waals surface area contributed by atoms with Crippen LogP contribution < -0.4 is 5.32 Å². The molecular formula is C18H24N4O2. The number of piperazine rings is 1. The highest BCUT2D eigenvalue weighted by molar-refractivity contribution is 5.82. The number of hydrogen-bond acceptors (Lipinski definition) is 5. The highest BCUT2D eigenvalue weighted by Crippen LogP contribution is 2.17. The molecule has 1 saturated heterocycles. The van der Waals surface area contributed by atoms with Crippen LogP contribution in [0.5, 0.6) is 0 Å². The largest absolute Gasteiger partial charge is 0.353 e. The molecule has 1 unspecified atom stereocenters. The van der Waals surface area contributed by atoms with Crippen LogP contribution in [0.15, 0.2) is 34.9 Å². The van der Waals surface area contributed by atoms with Gasteiger partial charge in [0.2, 0.25) is 17.6 Å². The molecule has 1 aromatic heterocycles. The SMILES string of the molecule is CC(C)C1C(=O)NCCN1CCCc1nc(-c2ccccc2)no1. The minimum absolute atomic E-state index is 0.0404. The molecule has 2 aromatic rings. The van der Waals surface area contributed by atoms with Crippen molar-refractivity contribution >= 4 is 5.91 Å². The molecule has 0 spiro atoms. The van der Waals surface area contributed by atoms with Crippen molar-refractivity contribution in [1.29, 1.82) is 0 Å². The molecule has 1 aromatic carbocycles. The van der Waals surface area contributed by atoms with Crippen molar-refractivity contribution in [3.05, 3.63) is 36.2 Å². The van der Waals surface area contributed by atoms with Crippen molar-refractivity contribution in [3.63, 3.8) is 0 Å². The van der Waals surface area contributed by atoms with Crippen LogP contribution >= 0.6 is 0 Å². The maximum atomic E-state index is 12.0. The van der Waals surface area contributed by atoms with Crippen molar-refractivity contribution in [2.24, 2.45) is 5.92 Å². The number of hydrogen-bond donors (Lipinski definition) is 1. The van der Waals surface area contributed by atoms with E-state index in [1.54, 1.807) is 0 Å². The average Bonchev–Trinajstić information content (AvgIpc) is 3.04. The Morgan fingerprint density at radius 1 is 1.33 bits per heavy atom. The predicted octanol–water partition coefficient (Wildman–Crippen LogP) is 2.13. The van der Waals surface area contributed by atoms with Gasteiger partial charge < -0.3 is 9.84 Å². The van der Waals surface area contributed by atoms with Gasteiger partial charge in [-0.3, -0.25) is 9.69 Å². The second-order valence-corrected chi connectivity index (χ2v) is 6.50. The van der Waals surface area contributed by atoms with Crippen LogP contribution in [0.3, 0.4) is 0 Å². The van der Waals surface area contributed by atoms with E-state index in [1.165, 1.54) is 0 Å². The topological polar surface area (TPSA) is 71.3 Å². The zero-order chi connectivity index (χ0) is 16.9. The van der Waals surface area contributed by atoms with Gasteiger partial charge in [0, 0.05) is 25.1 Å². The lowest BCUT2D eigenvalue weighted by atomic mass is 9.99. The summed E-state index contributed by atoms with van der Waals surface area (Å²) in [7, 11) is 0. The fraction of sp³-hybridized carbons (Fsp3) is 0.500. The van der Waals surface area contributed by atoms with Crippen LogP contribution in [-0.2, 0) is 11.2 Å².